The van der Waals surface area contributed by atoms with E-state index in [1.807, 2.05) is 13.0 Å². The lowest BCUT2D eigenvalue weighted by molar-refractivity contribution is 0.0690. The SMILES string of the molecule is Cc1cc2ncnc(NCc3cc(C(=O)O)n[nH]3)n2n1. The molecular weight excluding hydrogens is 262 g/mol. The highest BCUT2D eigenvalue weighted by Crippen LogP contribution is 2.09. The summed E-state index contributed by atoms with van der Waals surface area (Å²) in [5, 5.41) is 22.4. The van der Waals surface area contributed by atoms with E-state index in [1.165, 1.54) is 12.4 Å². The number of hydrogen-bond donors (Lipinski definition) is 3. The largest absolute Gasteiger partial charge is 0.476 e. The van der Waals surface area contributed by atoms with Crippen LogP contribution in [0.2, 0.25) is 0 Å². The van der Waals surface area contributed by atoms with Gasteiger partial charge < -0.3 is 10.4 Å². The third-order valence-corrected chi connectivity index (χ3v) is 2.67. The number of carboxylic acid groups (broad SMARTS) is 1. The topological polar surface area (TPSA) is 121 Å². The van der Waals surface area contributed by atoms with Crippen molar-refractivity contribution < 1.29 is 9.90 Å². The van der Waals surface area contributed by atoms with Gasteiger partial charge in [0.25, 0.3) is 0 Å². The Labute approximate surface area is 112 Å². The number of aromatic carboxylic acids is 1. The summed E-state index contributed by atoms with van der Waals surface area (Å²) in [5.74, 6) is -0.547. The molecule has 9 heteroatoms. The average Bonchev–Trinajstić information content (AvgIpc) is 3.01. The zero-order valence-electron chi connectivity index (χ0n) is 10.5. The lowest BCUT2D eigenvalue weighted by Crippen LogP contribution is -2.08. The van der Waals surface area contributed by atoms with E-state index in [2.05, 4.69) is 30.6 Å². The van der Waals surface area contributed by atoms with E-state index in [0.717, 1.165) is 5.69 Å². The summed E-state index contributed by atoms with van der Waals surface area (Å²) in [5.41, 5.74) is 2.14. The molecule has 0 radical (unpaired) electrons. The molecule has 0 aromatic carbocycles. The lowest BCUT2D eigenvalue weighted by atomic mass is 10.3. The van der Waals surface area contributed by atoms with Gasteiger partial charge in [0, 0.05) is 6.07 Å². The van der Waals surface area contributed by atoms with Crippen LogP contribution in [-0.2, 0) is 6.54 Å². The van der Waals surface area contributed by atoms with Crippen LogP contribution in [0, 0.1) is 6.92 Å². The number of anilines is 1. The number of aryl methyl sites for hydroxylation is 1. The van der Waals surface area contributed by atoms with Gasteiger partial charge in [-0.15, -0.1) is 0 Å². The van der Waals surface area contributed by atoms with Crippen LogP contribution in [0.5, 0.6) is 0 Å². The van der Waals surface area contributed by atoms with E-state index < -0.39 is 5.97 Å². The van der Waals surface area contributed by atoms with Gasteiger partial charge in [-0.1, -0.05) is 0 Å². The Kier molecular flexibility index (Phi) is 2.78. The van der Waals surface area contributed by atoms with E-state index in [9.17, 15) is 4.79 Å². The zero-order chi connectivity index (χ0) is 14.1. The summed E-state index contributed by atoms with van der Waals surface area (Å²) in [4.78, 5) is 18.9. The second kappa shape index (κ2) is 4.61. The standard InChI is InChI=1S/C11H11N7O2/c1-6-2-9-13-5-14-11(18(9)17-6)12-4-7-3-8(10(19)20)16-15-7/h2-3,5H,4H2,1H3,(H,15,16)(H,19,20)(H,12,13,14). The molecule has 9 nitrogen and oxygen atoms in total. The van der Waals surface area contributed by atoms with Crippen molar-refractivity contribution in [3.8, 4) is 0 Å². The van der Waals surface area contributed by atoms with E-state index in [4.69, 9.17) is 5.11 Å². The summed E-state index contributed by atoms with van der Waals surface area (Å²) in [6.45, 7) is 2.22. The first kappa shape index (κ1) is 12.1. The summed E-state index contributed by atoms with van der Waals surface area (Å²) in [6.07, 6.45) is 1.44. The Morgan fingerprint density at radius 2 is 2.30 bits per heavy atom. The van der Waals surface area contributed by atoms with Gasteiger partial charge in [0.2, 0.25) is 5.95 Å². The van der Waals surface area contributed by atoms with E-state index in [0.29, 0.717) is 23.8 Å². The van der Waals surface area contributed by atoms with Crippen molar-refractivity contribution in [2.24, 2.45) is 0 Å². The van der Waals surface area contributed by atoms with Crippen molar-refractivity contribution in [3.05, 3.63) is 35.5 Å². The summed E-state index contributed by atoms with van der Waals surface area (Å²) in [7, 11) is 0. The fourth-order valence-corrected chi connectivity index (χ4v) is 1.79. The Hall–Kier alpha value is -2.97. The first-order chi connectivity index (χ1) is 9.63. The van der Waals surface area contributed by atoms with Gasteiger partial charge in [0.15, 0.2) is 11.3 Å². The number of nitrogens with zero attached hydrogens (tertiary/aromatic N) is 5. The van der Waals surface area contributed by atoms with Crippen LogP contribution in [0.4, 0.5) is 5.95 Å². The molecule has 0 aliphatic carbocycles. The van der Waals surface area contributed by atoms with Crippen LogP contribution in [0.1, 0.15) is 21.9 Å². The van der Waals surface area contributed by atoms with Gasteiger partial charge in [-0.25, -0.2) is 14.8 Å². The van der Waals surface area contributed by atoms with Crippen LogP contribution in [0.3, 0.4) is 0 Å². The predicted octanol–water partition coefficient (Wildman–Crippen LogP) is 0.466. The van der Waals surface area contributed by atoms with Crippen molar-refractivity contribution in [2.45, 2.75) is 13.5 Å². The van der Waals surface area contributed by atoms with Crippen LogP contribution in [0.25, 0.3) is 5.65 Å². The highest BCUT2D eigenvalue weighted by atomic mass is 16.4. The van der Waals surface area contributed by atoms with Gasteiger partial charge in [-0.2, -0.15) is 14.7 Å². The van der Waals surface area contributed by atoms with Crippen molar-refractivity contribution >= 4 is 17.6 Å². The Bertz CT molecular complexity index is 776. The first-order valence-electron chi connectivity index (χ1n) is 5.82. The number of hydrogen-bond acceptors (Lipinski definition) is 6. The first-order valence-corrected chi connectivity index (χ1v) is 5.82. The molecular formula is C11H11N7O2. The molecule has 3 N–H and O–H groups in total. The van der Waals surface area contributed by atoms with E-state index >= 15 is 0 Å². The minimum absolute atomic E-state index is 0.0235. The van der Waals surface area contributed by atoms with Gasteiger partial charge in [0.05, 0.1) is 17.9 Å². The maximum absolute atomic E-state index is 10.7. The maximum atomic E-state index is 10.7. The molecule has 0 fully saturated rings. The average molecular weight is 273 g/mol. The third kappa shape index (κ3) is 2.16. The molecule has 0 spiro atoms. The third-order valence-electron chi connectivity index (χ3n) is 2.67. The smallest absolute Gasteiger partial charge is 0.356 e. The molecule has 0 unspecified atom stereocenters. The molecule has 3 heterocycles. The molecule has 20 heavy (non-hydrogen) atoms. The Morgan fingerprint density at radius 1 is 1.45 bits per heavy atom. The number of aromatic amines is 1. The van der Waals surface area contributed by atoms with Gasteiger partial charge in [-0.3, -0.25) is 5.10 Å². The predicted molar refractivity (Wildman–Crippen MR) is 68.4 cm³/mol. The number of aromatic nitrogens is 6. The second-order valence-electron chi connectivity index (χ2n) is 4.19. The molecule has 3 rings (SSSR count). The zero-order valence-corrected chi connectivity index (χ0v) is 10.5. The van der Waals surface area contributed by atoms with Crippen molar-refractivity contribution in [1.29, 1.82) is 0 Å². The minimum atomic E-state index is -1.07. The molecule has 0 bridgehead atoms. The highest BCUT2D eigenvalue weighted by molar-refractivity contribution is 5.85. The van der Waals surface area contributed by atoms with Gasteiger partial charge in [-0.05, 0) is 13.0 Å². The summed E-state index contributed by atoms with van der Waals surface area (Å²) >= 11 is 0. The Balaban J connectivity index is 1.81. The fraction of sp³-hybridized carbons (Fsp3) is 0.182. The van der Waals surface area contributed by atoms with E-state index in [1.54, 1.807) is 4.52 Å². The maximum Gasteiger partial charge on any atom is 0.356 e. The van der Waals surface area contributed by atoms with E-state index in [-0.39, 0.29) is 5.69 Å². The Morgan fingerprint density at radius 3 is 3.05 bits per heavy atom. The number of H-pyrrole nitrogens is 1. The van der Waals surface area contributed by atoms with Crippen LogP contribution in [0.15, 0.2) is 18.5 Å². The molecule has 3 aromatic rings. The molecule has 3 aromatic heterocycles. The van der Waals surface area contributed by atoms with Crippen LogP contribution >= 0.6 is 0 Å². The number of carboxylic acids is 1. The van der Waals surface area contributed by atoms with Gasteiger partial charge in [0.1, 0.15) is 6.33 Å². The normalized spacial score (nSPS) is 10.8. The van der Waals surface area contributed by atoms with Gasteiger partial charge >= 0.3 is 5.97 Å². The van der Waals surface area contributed by atoms with Crippen molar-refractivity contribution in [2.75, 3.05) is 5.32 Å². The highest BCUT2D eigenvalue weighted by Gasteiger charge is 2.09. The molecule has 0 saturated heterocycles. The number of nitrogens with one attached hydrogen (secondary N) is 2. The molecule has 0 aliphatic rings. The summed E-state index contributed by atoms with van der Waals surface area (Å²) in [6, 6.07) is 3.30. The molecule has 102 valence electrons. The molecule has 0 saturated carbocycles. The minimum Gasteiger partial charge on any atom is -0.476 e. The number of fused-ring (bicyclic) bond motifs is 1. The van der Waals surface area contributed by atoms with Crippen molar-refractivity contribution in [1.82, 2.24) is 29.8 Å². The van der Waals surface area contributed by atoms with Crippen LogP contribution in [-0.4, -0.2) is 40.9 Å². The van der Waals surface area contributed by atoms with Crippen LogP contribution < -0.4 is 5.32 Å². The molecule has 0 aliphatic heterocycles. The molecule has 0 amide bonds. The summed E-state index contributed by atoms with van der Waals surface area (Å²) < 4.78 is 1.59. The number of rotatable bonds is 4. The fourth-order valence-electron chi connectivity index (χ4n) is 1.79. The monoisotopic (exact) mass is 273 g/mol. The molecule has 0 atom stereocenters. The second-order valence-corrected chi connectivity index (χ2v) is 4.19. The lowest BCUT2D eigenvalue weighted by Gasteiger charge is -2.04. The van der Waals surface area contributed by atoms with Crippen molar-refractivity contribution in [3.63, 3.8) is 0 Å². The quantitative estimate of drug-likeness (QED) is 0.631. The number of carbonyl (C=O) groups is 1.